The number of ether oxygens (including phenoxy) is 1. The van der Waals surface area contributed by atoms with Gasteiger partial charge in [0.2, 0.25) is 0 Å². The first-order valence-corrected chi connectivity index (χ1v) is 7.12. The molecule has 2 atom stereocenters. The standard InChI is InChI=1S/C15H16N2O4S/c1-3-10-8-16(14(22)13(10)15(18)21-2)9-11-6-4-5-7-12(11)17(19)20/h3-7,10,13H,1,8-9H2,2H3. The van der Waals surface area contributed by atoms with Crippen molar-refractivity contribution < 1.29 is 14.5 Å². The van der Waals surface area contributed by atoms with E-state index in [1.807, 2.05) is 0 Å². The first-order valence-electron chi connectivity index (χ1n) is 6.71. The van der Waals surface area contributed by atoms with Crippen LogP contribution in [0.5, 0.6) is 0 Å². The van der Waals surface area contributed by atoms with E-state index in [0.717, 1.165) is 0 Å². The molecule has 1 heterocycles. The van der Waals surface area contributed by atoms with Crippen LogP contribution in [0.25, 0.3) is 0 Å². The van der Waals surface area contributed by atoms with Gasteiger partial charge < -0.3 is 9.64 Å². The monoisotopic (exact) mass is 320 g/mol. The topological polar surface area (TPSA) is 72.7 Å². The fourth-order valence-corrected chi connectivity index (χ4v) is 3.02. The van der Waals surface area contributed by atoms with Crippen LogP contribution in [-0.2, 0) is 16.1 Å². The Morgan fingerprint density at radius 2 is 2.27 bits per heavy atom. The lowest BCUT2D eigenvalue weighted by molar-refractivity contribution is -0.385. The lowest BCUT2D eigenvalue weighted by Gasteiger charge is -2.18. The van der Waals surface area contributed by atoms with Gasteiger partial charge in [-0.2, -0.15) is 0 Å². The van der Waals surface area contributed by atoms with E-state index < -0.39 is 16.8 Å². The van der Waals surface area contributed by atoms with Crippen molar-refractivity contribution in [1.29, 1.82) is 0 Å². The van der Waals surface area contributed by atoms with Gasteiger partial charge in [0.05, 0.1) is 23.6 Å². The van der Waals surface area contributed by atoms with Gasteiger partial charge in [-0.15, -0.1) is 6.58 Å². The predicted octanol–water partition coefficient (Wildman–Crippen LogP) is 2.33. The van der Waals surface area contributed by atoms with Crippen molar-refractivity contribution in [2.24, 2.45) is 11.8 Å². The number of likely N-dealkylation sites (tertiary alicyclic amines) is 1. The molecule has 0 saturated carbocycles. The number of nitrogens with zero attached hydrogens (tertiary/aromatic N) is 2. The van der Waals surface area contributed by atoms with Crippen molar-refractivity contribution in [3.05, 3.63) is 52.6 Å². The van der Waals surface area contributed by atoms with Gasteiger partial charge in [-0.1, -0.05) is 36.5 Å². The molecule has 0 spiro atoms. The summed E-state index contributed by atoms with van der Waals surface area (Å²) in [5.41, 5.74) is 0.602. The van der Waals surface area contributed by atoms with Crippen molar-refractivity contribution in [2.75, 3.05) is 13.7 Å². The predicted molar refractivity (Wildman–Crippen MR) is 85.3 cm³/mol. The maximum atomic E-state index is 11.9. The highest BCUT2D eigenvalue weighted by atomic mass is 32.1. The Kier molecular flexibility index (Phi) is 4.87. The number of nitro groups is 1. The summed E-state index contributed by atoms with van der Waals surface area (Å²) in [4.78, 5) is 24.8. The number of thiocarbonyl (C=S) groups is 1. The Balaban J connectivity index is 2.25. The van der Waals surface area contributed by atoms with Crippen LogP contribution < -0.4 is 0 Å². The van der Waals surface area contributed by atoms with E-state index in [4.69, 9.17) is 17.0 Å². The minimum atomic E-state index is -0.555. The van der Waals surface area contributed by atoms with Gasteiger partial charge in [0, 0.05) is 24.1 Å². The minimum Gasteiger partial charge on any atom is -0.468 e. The first kappa shape index (κ1) is 16.1. The molecule has 7 heteroatoms. The molecule has 2 rings (SSSR count). The fourth-order valence-electron chi connectivity index (χ4n) is 2.61. The van der Waals surface area contributed by atoms with E-state index in [1.54, 1.807) is 29.2 Å². The molecule has 2 unspecified atom stereocenters. The van der Waals surface area contributed by atoms with Gasteiger partial charge in [-0.25, -0.2) is 0 Å². The number of hydrogen-bond acceptors (Lipinski definition) is 5. The molecule has 0 bridgehead atoms. The van der Waals surface area contributed by atoms with Crippen LogP contribution in [0.4, 0.5) is 5.69 Å². The Morgan fingerprint density at radius 1 is 1.59 bits per heavy atom. The normalized spacial score (nSPS) is 20.8. The van der Waals surface area contributed by atoms with E-state index in [1.165, 1.54) is 13.2 Å². The van der Waals surface area contributed by atoms with Crippen LogP contribution in [-0.4, -0.2) is 34.4 Å². The van der Waals surface area contributed by atoms with Crippen LogP contribution in [0.1, 0.15) is 5.56 Å². The number of carbonyl (C=O) groups excluding carboxylic acids is 1. The number of methoxy groups -OCH3 is 1. The number of para-hydroxylation sites is 1. The van der Waals surface area contributed by atoms with Crippen LogP contribution >= 0.6 is 12.2 Å². The number of nitro benzene ring substituents is 1. The zero-order chi connectivity index (χ0) is 16.3. The van der Waals surface area contributed by atoms with E-state index in [0.29, 0.717) is 17.1 Å². The third-order valence-electron chi connectivity index (χ3n) is 3.74. The minimum absolute atomic E-state index is 0.0435. The van der Waals surface area contributed by atoms with Crippen LogP contribution in [0, 0.1) is 22.0 Å². The van der Waals surface area contributed by atoms with Crippen molar-refractivity contribution >= 4 is 28.9 Å². The van der Waals surface area contributed by atoms with Crippen molar-refractivity contribution in [2.45, 2.75) is 6.54 Å². The van der Waals surface area contributed by atoms with Gasteiger partial charge in [0.15, 0.2) is 0 Å². The molecule has 1 aliphatic rings. The Labute approximate surface area is 133 Å². The molecule has 0 radical (unpaired) electrons. The third-order valence-corrected chi connectivity index (χ3v) is 4.26. The summed E-state index contributed by atoms with van der Waals surface area (Å²) in [6, 6.07) is 6.50. The van der Waals surface area contributed by atoms with E-state index in [9.17, 15) is 14.9 Å². The summed E-state index contributed by atoms with van der Waals surface area (Å²) >= 11 is 5.36. The van der Waals surface area contributed by atoms with Crippen LogP contribution in [0.15, 0.2) is 36.9 Å². The number of hydrogen-bond donors (Lipinski definition) is 0. The molecular formula is C15H16N2O4S. The number of benzene rings is 1. The molecule has 1 fully saturated rings. The summed E-state index contributed by atoms with van der Waals surface area (Å²) in [6.45, 7) is 4.51. The second-order valence-corrected chi connectivity index (χ2v) is 5.42. The molecular weight excluding hydrogens is 304 g/mol. The zero-order valence-electron chi connectivity index (χ0n) is 12.1. The average molecular weight is 320 g/mol. The molecule has 6 nitrogen and oxygen atoms in total. The van der Waals surface area contributed by atoms with Gasteiger partial charge in [-0.3, -0.25) is 14.9 Å². The lowest BCUT2D eigenvalue weighted by atomic mass is 9.96. The quantitative estimate of drug-likeness (QED) is 0.273. The van der Waals surface area contributed by atoms with Crippen LogP contribution in [0.3, 0.4) is 0 Å². The third kappa shape index (κ3) is 2.99. The van der Waals surface area contributed by atoms with E-state index >= 15 is 0 Å². The van der Waals surface area contributed by atoms with Crippen LogP contribution in [0.2, 0.25) is 0 Å². The number of esters is 1. The summed E-state index contributed by atoms with van der Waals surface area (Å²) in [5, 5.41) is 11.1. The second-order valence-electron chi connectivity index (χ2n) is 5.00. The highest BCUT2D eigenvalue weighted by molar-refractivity contribution is 7.80. The number of rotatable bonds is 5. The second kappa shape index (κ2) is 6.65. The Hall–Kier alpha value is -2.28. The van der Waals surface area contributed by atoms with Gasteiger partial charge >= 0.3 is 5.97 Å². The molecule has 0 amide bonds. The Morgan fingerprint density at radius 3 is 2.86 bits per heavy atom. The fraction of sp³-hybridized carbons (Fsp3) is 0.333. The maximum Gasteiger partial charge on any atom is 0.316 e. The van der Waals surface area contributed by atoms with Crippen molar-refractivity contribution in [1.82, 2.24) is 4.90 Å². The molecule has 22 heavy (non-hydrogen) atoms. The number of carbonyl (C=O) groups is 1. The molecule has 0 aliphatic carbocycles. The smallest absolute Gasteiger partial charge is 0.316 e. The summed E-state index contributed by atoms with van der Waals surface area (Å²) in [5.74, 6) is -1.11. The summed E-state index contributed by atoms with van der Waals surface area (Å²) in [7, 11) is 1.32. The molecule has 1 aromatic carbocycles. The first-order chi connectivity index (χ1) is 10.5. The zero-order valence-corrected chi connectivity index (χ0v) is 12.9. The van der Waals surface area contributed by atoms with Crippen molar-refractivity contribution in [3.63, 3.8) is 0 Å². The average Bonchev–Trinajstić information content (AvgIpc) is 2.83. The molecule has 116 valence electrons. The van der Waals surface area contributed by atoms with Gasteiger partial charge in [0.25, 0.3) is 5.69 Å². The van der Waals surface area contributed by atoms with E-state index in [-0.39, 0.29) is 18.2 Å². The molecule has 1 aromatic rings. The van der Waals surface area contributed by atoms with E-state index in [2.05, 4.69) is 6.58 Å². The highest BCUT2D eigenvalue weighted by Crippen LogP contribution is 2.31. The van der Waals surface area contributed by atoms with Crippen molar-refractivity contribution in [3.8, 4) is 0 Å². The SMILES string of the molecule is C=CC1CN(Cc2ccccc2[N+](=O)[O-])C(=S)C1C(=O)OC. The lowest BCUT2D eigenvalue weighted by Crippen LogP contribution is -2.29. The largest absolute Gasteiger partial charge is 0.468 e. The summed E-state index contributed by atoms with van der Waals surface area (Å²) < 4.78 is 4.79. The van der Waals surface area contributed by atoms with Gasteiger partial charge in [0.1, 0.15) is 5.92 Å². The highest BCUT2D eigenvalue weighted by Gasteiger charge is 2.41. The van der Waals surface area contributed by atoms with Gasteiger partial charge in [-0.05, 0) is 0 Å². The molecule has 0 N–H and O–H groups in total. The Bertz CT molecular complexity index is 632. The maximum absolute atomic E-state index is 11.9. The molecule has 1 aliphatic heterocycles. The summed E-state index contributed by atoms with van der Waals surface area (Å²) in [6.07, 6.45) is 1.67. The molecule has 0 aromatic heterocycles. The molecule has 1 saturated heterocycles.